The van der Waals surface area contributed by atoms with Gasteiger partial charge in [0.1, 0.15) is 16.6 Å². The van der Waals surface area contributed by atoms with Crippen LogP contribution in [0, 0.1) is 13.8 Å². The maximum absolute atomic E-state index is 12.8. The fraction of sp³-hybridized carbons (Fsp3) is 0.526. The van der Waals surface area contributed by atoms with Crippen molar-refractivity contribution in [2.45, 2.75) is 39.2 Å². The first kappa shape index (κ1) is 20.3. The smallest absolute Gasteiger partial charge is 0.246 e. The zero-order chi connectivity index (χ0) is 20.1. The number of rotatable bonds is 6. The topological polar surface area (TPSA) is 87.1 Å². The average molecular weight is 402 g/mol. The van der Waals surface area contributed by atoms with Crippen molar-refractivity contribution in [3.05, 3.63) is 34.7 Å². The molecule has 1 aliphatic heterocycles. The number of likely N-dealkylation sites (N-methyl/N-ethyl adjacent to an activating group) is 1. The maximum Gasteiger partial charge on any atom is 0.246 e. The molecular formula is C19H27N7OS. The first-order valence-corrected chi connectivity index (χ1v) is 10.3. The molecular weight excluding hydrogens is 374 g/mol. The molecule has 1 saturated heterocycles. The van der Waals surface area contributed by atoms with Gasteiger partial charge in [-0.2, -0.15) is 0 Å². The minimum absolute atomic E-state index is 0.0383. The van der Waals surface area contributed by atoms with E-state index in [2.05, 4.69) is 25.5 Å². The minimum Gasteiger partial charge on any atom is -0.331 e. The zero-order valence-corrected chi connectivity index (χ0v) is 17.7. The highest BCUT2D eigenvalue weighted by atomic mass is 32.1. The van der Waals surface area contributed by atoms with Crippen LogP contribution in [-0.4, -0.2) is 63.1 Å². The van der Waals surface area contributed by atoms with Gasteiger partial charge in [-0.25, -0.2) is 9.97 Å². The number of piperidine rings is 1. The van der Waals surface area contributed by atoms with Crippen LogP contribution in [0.2, 0.25) is 0 Å². The Balaban J connectivity index is 1.80. The molecule has 28 heavy (non-hydrogen) atoms. The number of hydrogen-bond donors (Lipinski definition) is 1. The summed E-state index contributed by atoms with van der Waals surface area (Å²) in [6.07, 6.45) is 6.58. The van der Waals surface area contributed by atoms with E-state index in [0.29, 0.717) is 16.8 Å². The second-order valence-corrected chi connectivity index (χ2v) is 8.37. The molecule has 150 valence electrons. The van der Waals surface area contributed by atoms with Crippen molar-refractivity contribution in [1.82, 2.24) is 30.0 Å². The lowest BCUT2D eigenvalue weighted by Gasteiger charge is -2.35. The van der Waals surface area contributed by atoms with Crippen molar-refractivity contribution in [3.63, 3.8) is 0 Å². The lowest BCUT2D eigenvalue weighted by Crippen LogP contribution is -2.38. The first-order chi connectivity index (χ1) is 13.4. The molecule has 1 amide bonds. The molecule has 0 spiro atoms. The van der Waals surface area contributed by atoms with Crippen molar-refractivity contribution in [3.8, 4) is 0 Å². The summed E-state index contributed by atoms with van der Waals surface area (Å²) in [6.45, 7) is 5.27. The lowest BCUT2D eigenvalue weighted by atomic mass is 9.98. The van der Waals surface area contributed by atoms with Gasteiger partial charge in [-0.3, -0.25) is 4.79 Å². The van der Waals surface area contributed by atoms with Crippen LogP contribution in [0.1, 0.15) is 41.8 Å². The molecule has 1 fully saturated rings. The summed E-state index contributed by atoms with van der Waals surface area (Å²) in [5.41, 5.74) is 0.866. The Morgan fingerprint density at radius 1 is 1.32 bits per heavy atom. The number of likely N-dealkylation sites (tertiary alicyclic amines) is 1. The fourth-order valence-electron chi connectivity index (χ4n) is 3.25. The van der Waals surface area contributed by atoms with E-state index in [0.717, 1.165) is 43.1 Å². The van der Waals surface area contributed by atoms with Gasteiger partial charge in [0.2, 0.25) is 11.0 Å². The van der Waals surface area contributed by atoms with Crippen molar-refractivity contribution in [2.75, 3.05) is 32.5 Å². The van der Waals surface area contributed by atoms with E-state index in [4.69, 9.17) is 0 Å². The summed E-state index contributed by atoms with van der Waals surface area (Å²) in [6, 6.07) is 1.88. The van der Waals surface area contributed by atoms with Crippen LogP contribution in [0.3, 0.4) is 0 Å². The van der Waals surface area contributed by atoms with E-state index in [1.807, 2.05) is 49.9 Å². The van der Waals surface area contributed by atoms with E-state index in [1.54, 1.807) is 6.08 Å². The number of nitrogens with zero attached hydrogens (tertiary/aromatic N) is 6. The molecule has 0 bridgehead atoms. The third-order valence-electron chi connectivity index (χ3n) is 4.48. The van der Waals surface area contributed by atoms with Gasteiger partial charge in [-0.1, -0.05) is 17.4 Å². The van der Waals surface area contributed by atoms with Crippen LogP contribution in [0.25, 0.3) is 0 Å². The largest absolute Gasteiger partial charge is 0.331 e. The number of aromatic nitrogens is 4. The second kappa shape index (κ2) is 9.20. The Morgan fingerprint density at radius 3 is 2.86 bits per heavy atom. The number of aryl methyl sites for hydroxylation is 2. The standard InChI is InChI=1S/C19H27N7OS/c1-13-20-15(12-17(21-13)22-19-24-23-14(2)28-19)16-8-5-6-11-26(16)18(27)9-7-10-25(3)4/h7,9,12,16H,5-6,8,10-11H2,1-4H3,(H,20,21,22,24)/b9-7+/t16-/m1/s1. The first-order valence-electron chi connectivity index (χ1n) is 9.47. The zero-order valence-electron chi connectivity index (χ0n) is 16.8. The van der Waals surface area contributed by atoms with Crippen LogP contribution in [0.4, 0.5) is 10.9 Å². The summed E-state index contributed by atoms with van der Waals surface area (Å²) in [5, 5.41) is 12.9. The van der Waals surface area contributed by atoms with Crippen molar-refractivity contribution in [1.29, 1.82) is 0 Å². The molecule has 0 aliphatic carbocycles. The molecule has 2 aromatic rings. The minimum atomic E-state index is -0.0383. The summed E-state index contributed by atoms with van der Waals surface area (Å²) < 4.78 is 0. The molecule has 9 heteroatoms. The molecule has 3 heterocycles. The van der Waals surface area contributed by atoms with Gasteiger partial charge < -0.3 is 15.1 Å². The molecule has 0 radical (unpaired) electrons. The van der Waals surface area contributed by atoms with Crippen molar-refractivity contribution < 1.29 is 4.79 Å². The van der Waals surface area contributed by atoms with Gasteiger partial charge in [0.05, 0.1) is 11.7 Å². The number of hydrogen-bond acceptors (Lipinski definition) is 8. The van der Waals surface area contributed by atoms with Gasteiger partial charge in [0.25, 0.3) is 0 Å². The lowest BCUT2D eigenvalue weighted by molar-refractivity contribution is -0.129. The molecule has 1 atom stereocenters. The highest BCUT2D eigenvalue weighted by Gasteiger charge is 2.28. The van der Waals surface area contributed by atoms with Gasteiger partial charge in [-0.05, 0) is 47.2 Å². The highest BCUT2D eigenvalue weighted by molar-refractivity contribution is 7.15. The molecule has 2 aromatic heterocycles. The number of amides is 1. The number of carbonyl (C=O) groups excluding carboxylic acids is 1. The number of anilines is 2. The predicted octanol–water partition coefficient (Wildman–Crippen LogP) is 2.86. The molecule has 8 nitrogen and oxygen atoms in total. The van der Waals surface area contributed by atoms with Crippen LogP contribution in [0.15, 0.2) is 18.2 Å². The van der Waals surface area contributed by atoms with Gasteiger partial charge in [0, 0.05) is 25.2 Å². The van der Waals surface area contributed by atoms with E-state index in [9.17, 15) is 4.79 Å². The SMILES string of the molecule is Cc1nc(Nc2nnc(C)s2)cc([C@H]2CCCCN2C(=O)/C=C/CN(C)C)n1. The molecule has 0 saturated carbocycles. The van der Waals surface area contributed by atoms with Gasteiger partial charge in [-0.15, -0.1) is 10.2 Å². The molecule has 0 aromatic carbocycles. The Kier molecular flexibility index (Phi) is 6.69. The van der Waals surface area contributed by atoms with Crippen LogP contribution >= 0.6 is 11.3 Å². The number of nitrogens with one attached hydrogen (secondary N) is 1. The number of carbonyl (C=O) groups is 1. The molecule has 0 unspecified atom stereocenters. The molecule has 1 aliphatic rings. The normalized spacial score (nSPS) is 17.5. The highest BCUT2D eigenvalue weighted by Crippen LogP contribution is 2.31. The summed E-state index contributed by atoms with van der Waals surface area (Å²) in [5.74, 6) is 1.39. The van der Waals surface area contributed by atoms with E-state index in [1.165, 1.54) is 11.3 Å². The maximum atomic E-state index is 12.8. The Labute approximate surface area is 169 Å². The fourth-order valence-corrected chi connectivity index (χ4v) is 3.84. The van der Waals surface area contributed by atoms with Crippen LogP contribution in [0.5, 0.6) is 0 Å². The third kappa shape index (κ3) is 5.32. The molecule has 1 N–H and O–H groups in total. The Bertz CT molecular complexity index is 849. The van der Waals surface area contributed by atoms with Gasteiger partial charge in [0.15, 0.2) is 0 Å². The van der Waals surface area contributed by atoms with Gasteiger partial charge >= 0.3 is 0 Å². The van der Waals surface area contributed by atoms with Crippen LogP contribution in [-0.2, 0) is 4.79 Å². The quantitative estimate of drug-likeness (QED) is 0.745. The summed E-state index contributed by atoms with van der Waals surface area (Å²) in [7, 11) is 3.96. The van der Waals surface area contributed by atoms with Crippen molar-refractivity contribution >= 4 is 28.2 Å². The average Bonchev–Trinajstić information content (AvgIpc) is 3.05. The Morgan fingerprint density at radius 2 is 2.14 bits per heavy atom. The van der Waals surface area contributed by atoms with Crippen LogP contribution < -0.4 is 5.32 Å². The summed E-state index contributed by atoms with van der Waals surface area (Å²) in [4.78, 5) is 25.8. The van der Waals surface area contributed by atoms with E-state index < -0.39 is 0 Å². The Hall–Kier alpha value is -2.39. The monoisotopic (exact) mass is 401 g/mol. The second-order valence-electron chi connectivity index (χ2n) is 7.18. The van der Waals surface area contributed by atoms with E-state index >= 15 is 0 Å². The predicted molar refractivity (Wildman–Crippen MR) is 111 cm³/mol. The third-order valence-corrected chi connectivity index (χ3v) is 5.23. The van der Waals surface area contributed by atoms with E-state index in [-0.39, 0.29) is 11.9 Å². The van der Waals surface area contributed by atoms with Crippen molar-refractivity contribution in [2.24, 2.45) is 0 Å². The summed E-state index contributed by atoms with van der Waals surface area (Å²) >= 11 is 1.48. The molecule has 3 rings (SSSR count).